The van der Waals surface area contributed by atoms with Gasteiger partial charge in [0.1, 0.15) is 0 Å². The highest BCUT2D eigenvalue weighted by Gasteiger charge is 2.17. The smallest absolute Gasteiger partial charge is 0.0479 e. The molecule has 13 heavy (non-hydrogen) atoms. The first-order valence-electron chi connectivity index (χ1n) is 5.26. The molecule has 80 valence electrons. The zero-order valence-corrected chi connectivity index (χ0v) is 9.60. The second kappa shape index (κ2) is 6.39. The summed E-state index contributed by atoms with van der Waals surface area (Å²) in [5.74, 6) is 0.790. The molecule has 0 aliphatic carbocycles. The molecule has 0 bridgehead atoms. The lowest BCUT2D eigenvalue weighted by Gasteiger charge is -2.24. The van der Waals surface area contributed by atoms with Gasteiger partial charge >= 0.3 is 0 Å². The third-order valence-corrected chi connectivity index (χ3v) is 2.41. The molecular formula is C11H25NO. The predicted octanol–water partition coefficient (Wildman–Crippen LogP) is 2.57. The van der Waals surface area contributed by atoms with Gasteiger partial charge in [-0.3, -0.25) is 0 Å². The van der Waals surface area contributed by atoms with Crippen LogP contribution in [0, 0.1) is 5.92 Å². The highest BCUT2D eigenvalue weighted by Crippen LogP contribution is 2.17. The quantitative estimate of drug-likeness (QED) is 0.665. The van der Waals surface area contributed by atoms with E-state index in [-0.39, 0.29) is 5.54 Å². The fourth-order valence-electron chi connectivity index (χ4n) is 1.37. The molecular weight excluding hydrogens is 162 g/mol. The molecule has 0 aromatic rings. The van der Waals surface area contributed by atoms with Crippen LogP contribution < -0.4 is 5.73 Å². The molecule has 0 aliphatic heterocycles. The molecule has 2 nitrogen and oxygen atoms in total. The van der Waals surface area contributed by atoms with E-state index in [1.807, 2.05) is 0 Å². The van der Waals surface area contributed by atoms with Gasteiger partial charge in [0.25, 0.3) is 0 Å². The normalized spacial score (nSPS) is 16.2. The lowest BCUT2D eigenvalue weighted by molar-refractivity contribution is 0.168. The van der Waals surface area contributed by atoms with Crippen molar-refractivity contribution in [3.05, 3.63) is 0 Å². The minimum Gasteiger partial charge on any atom is -0.385 e. The van der Waals surface area contributed by atoms with Crippen molar-refractivity contribution in [2.45, 2.75) is 52.0 Å². The molecule has 1 atom stereocenters. The van der Waals surface area contributed by atoms with E-state index in [9.17, 15) is 0 Å². The molecule has 0 amide bonds. The lowest BCUT2D eigenvalue weighted by atomic mass is 9.91. The van der Waals surface area contributed by atoms with E-state index in [4.69, 9.17) is 10.5 Å². The standard InChI is InChI=1S/C11H25NO/c1-10(2)6-5-7-11(3,12)8-9-13-4/h10H,5-9,12H2,1-4H3. The highest BCUT2D eigenvalue weighted by atomic mass is 16.5. The zero-order valence-electron chi connectivity index (χ0n) is 9.60. The fourth-order valence-corrected chi connectivity index (χ4v) is 1.37. The topological polar surface area (TPSA) is 35.2 Å². The van der Waals surface area contributed by atoms with Crippen molar-refractivity contribution < 1.29 is 4.74 Å². The summed E-state index contributed by atoms with van der Waals surface area (Å²) in [6, 6.07) is 0. The number of ether oxygens (including phenoxy) is 1. The third-order valence-electron chi connectivity index (χ3n) is 2.41. The summed E-state index contributed by atoms with van der Waals surface area (Å²) in [5, 5.41) is 0. The summed E-state index contributed by atoms with van der Waals surface area (Å²) in [5.41, 5.74) is 6.07. The molecule has 0 aromatic carbocycles. The van der Waals surface area contributed by atoms with Crippen LogP contribution >= 0.6 is 0 Å². The largest absolute Gasteiger partial charge is 0.385 e. The maximum absolute atomic E-state index is 6.11. The molecule has 2 N–H and O–H groups in total. The van der Waals surface area contributed by atoms with Gasteiger partial charge in [-0.05, 0) is 25.7 Å². The van der Waals surface area contributed by atoms with Crippen molar-refractivity contribution in [1.29, 1.82) is 0 Å². The lowest BCUT2D eigenvalue weighted by Crippen LogP contribution is -2.37. The first-order chi connectivity index (χ1) is 5.98. The molecule has 0 saturated heterocycles. The highest BCUT2D eigenvalue weighted by molar-refractivity contribution is 4.78. The van der Waals surface area contributed by atoms with Crippen molar-refractivity contribution in [1.82, 2.24) is 0 Å². The molecule has 0 saturated carbocycles. The van der Waals surface area contributed by atoms with Crippen LogP contribution in [-0.4, -0.2) is 19.3 Å². The molecule has 0 rings (SSSR count). The van der Waals surface area contributed by atoms with E-state index in [1.54, 1.807) is 7.11 Å². The summed E-state index contributed by atoms with van der Waals surface area (Å²) in [7, 11) is 1.73. The summed E-state index contributed by atoms with van der Waals surface area (Å²) < 4.78 is 5.03. The van der Waals surface area contributed by atoms with Gasteiger partial charge < -0.3 is 10.5 Å². The van der Waals surface area contributed by atoms with Gasteiger partial charge in [0.2, 0.25) is 0 Å². The SMILES string of the molecule is COCCC(C)(N)CCCC(C)C. The van der Waals surface area contributed by atoms with E-state index >= 15 is 0 Å². The van der Waals surface area contributed by atoms with Gasteiger partial charge in [-0.15, -0.1) is 0 Å². The van der Waals surface area contributed by atoms with Crippen LogP contribution in [0.2, 0.25) is 0 Å². The molecule has 1 unspecified atom stereocenters. The minimum atomic E-state index is -0.0368. The van der Waals surface area contributed by atoms with Gasteiger partial charge in [-0.2, -0.15) is 0 Å². The van der Waals surface area contributed by atoms with E-state index < -0.39 is 0 Å². The Morgan fingerprint density at radius 2 is 1.92 bits per heavy atom. The minimum absolute atomic E-state index is 0.0368. The Morgan fingerprint density at radius 1 is 1.31 bits per heavy atom. The Balaban J connectivity index is 3.50. The molecule has 0 radical (unpaired) electrons. The molecule has 2 heteroatoms. The van der Waals surface area contributed by atoms with Crippen molar-refractivity contribution in [2.75, 3.05) is 13.7 Å². The Labute approximate surface area is 82.8 Å². The van der Waals surface area contributed by atoms with Gasteiger partial charge in [-0.1, -0.05) is 26.7 Å². The van der Waals surface area contributed by atoms with Gasteiger partial charge in [0, 0.05) is 19.3 Å². The predicted molar refractivity (Wildman–Crippen MR) is 57.8 cm³/mol. The first-order valence-corrected chi connectivity index (χ1v) is 5.26. The Bertz CT molecular complexity index is 121. The number of nitrogens with two attached hydrogens (primary N) is 1. The number of hydrogen-bond donors (Lipinski definition) is 1. The van der Waals surface area contributed by atoms with E-state index in [1.165, 1.54) is 12.8 Å². The van der Waals surface area contributed by atoms with Crippen molar-refractivity contribution in [3.8, 4) is 0 Å². The monoisotopic (exact) mass is 187 g/mol. The molecule has 0 aliphatic rings. The third kappa shape index (κ3) is 8.26. The van der Waals surface area contributed by atoms with E-state index in [0.717, 1.165) is 25.4 Å². The maximum Gasteiger partial charge on any atom is 0.0479 e. The van der Waals surface area contributed by atoms with Crippen LogP contribution in [0.1, 0.15) is 46.5 Å². The summed E-state index contributed by atoms with van der Waals surface area (Å²) >= 11 is 0. The second-order valence-electron chi connectivity index (χ2n) is 4.68. The summed E-state index contributed by atoms with van der Waals surface area (Å²) in [6.07, 6.45) is 4.57. The first kappa shape index (κ1) is 12.9. The zero-order chi connectivity index (χ0) is 10.3. The van der Waals surface area contributed by atoms with Gasteiger partial charge in [0.15, 0.2) is 0 Å². The summed E-state index contributed by atoms with van der Waals surface area (Å²) in [4.78, 5) is 0. The van der Waals surface area contributed by atoms with Crippen LogP contribution in [0.4, 0.5) is 0 Å². The number of hydrogen-bond acceptors (Lipinski definition) is 2. The maximum atomic E-state index is 6.11. The molecule has 0 aromatic heterocycles. The van der Waals surface area contributed by atoms with Crippen LogP contribution in [0.15, 0.2) is 0 Å². The van der Waals surface area contributed by atoms with Gasteiger partial charge in [-0.25, -0.2) is 0 Å². The molecule has 0 spiro atoms. The van der Waals surface area contributed by atoms with Crippen LogP contribution in [0.5, 0.6) is 0 Å². The van der Waals surface area contributed by atoms with Crippen LogP contribution in [0.3, 0.4) is 0 Å². The van der Waals surface area contributed by atoms with Crippen LogP contribution in [-0.2, 0) is 4.74 Å². The number of rotatable bonds is 7. The fraction of sp³-hybridized carbons (Fsp3) is 1.00. The molecule has 0 heterocycles. The Kier molecular flexibility index (Phi) is 6.35. The summed E-state index contributed by atoms with van der Waals surface area (Å²) in [6.45, 7) is 7.40. The average molecular weight is 187 g/mol. The van der Waals surface area contributed by atoms with Crippen molar-refractivity contribution in [2.24, 2.45) is 11.7 Å². The van der Waals surface area contributed by atoms with Gasteiger partial charge in [0.05, 0.1) is 0 Å². The van der Waals surface area contributed by atoms with Crippen LogP contribution in [0.25, 0.3) is 0 Å². The molecule has 0 fully saturated rings. The second-order valence-corrected chi connectivity index (χ2v) is 4.68. The Morgan fingerprint density at radius 3 is 2.38 bits per heavy atom. The average Bonchev–Trinajstić information content (AvgIpc) is 2.00. The number of methoxy groups -OCH3 is 1. The van der Waals surface area contributed by atoms with Crippen molar-refractivity contribution in [3.63, 3.8) is 0 Å². The Hall–Kier alpha value is -0.0800. The van der Waals surface area contributed by atoms with E-state index in [0.29, 0.717) is 0 Å². The van der Waals surface area contributed by atoms with Crippen molar-refractivity contribution >= 4 is 0 Å². The van der Waals surface area contributed by atoms with E-state index in [2.05, 4.69) is 20.8 Å².